The molecule has 0 fully saturated rings. The lowest BCUT2D eigenvalue weighted by molar-refractivity contribution is -0.150. The number of nitrogens with one attached hydrogen (secondary N) is 4. The maximum Gasteiger partial charge on any atom is 0.345 e. The van der Waals surface area contributed by atoms with Gasteiger partial charge in [0.05, 0.1) is 11.8 Å². The number of aromatic amines is 2. The summed E-state index contributed by atoms with van der Waals surface area (Å²) in [6.07, 6.45) is 0.133. The number of fused-ring (bicyclic) bond motifs is 1. The number of anilines is 2. The number of carbonyl (C=O) groups excluding carboxylic acids is 2. The SMILES string of the molecule is Cc1ccc(Br)cc1NC(=O)c1nc[nH]c1C(=O)Nc1nc2c(OC(C(=O)O)C(C)(C)C)cccc2[nH]1. The number of carboxylic acids is 1. The molecule has 0 aliphatic heterocycles. The Bertz CT molecular complexity index is 1500. The van der Waals surface area contributed by atoms with Gasteiger partial charge in [-0.15, -0.1) is 0 Å². The number of nitrogens with zero attached hydrogens (tertiary/aromatic N) is 2. The molecule has 0 saturated carbocycles. The topological polar surface area (TPSA) is 162 Å². The van der Waals surface area contributed by atoms with Gasteiger partial charge in [0.2, 0.25) is 5.95 Å². The Kier molecular flexibility index (Phi) is 7.03. The largest absolute Gasteiger partial charge is 0.478 e. The van der Waals surface area contributed by atoms with E-state index < -0.39 is 29.3 Å². The zero-order valence-corrected chi connectivity index (χ0v) is 22.1. The van der Waals surface area contributed by atoms with Crippen molar-refractivity contribution in [3.8, 4) is 5.75 Å². The number of carbonyl (C=O) groups is 3. The van der Waals surface area contributed by atoms with E-state index in [9.17, 15) is 19.5 Å². The Labute approximate surface area is 220 Å². The third-order valence-corrected chi connectivity index (χ3v) is 5.99. The minimum Gasteiger partial charge on any atom is -0.478 e. The van der Waals surface area contributed by atoms with E-state index >= 15 is 0 Å². The molecule has 2 aromatic heterocycles. The van der Waals surface area contributed by atoms with E-state index in [0.29, 0.717) is 16.7 Å². The average molecular weight is 569 g/mol. The Hall–Kier alpha value is -4.19. The first-order valence-electron chi connectivity index (χ1n) is 11.2. The normalized spacial score (nSPS) is 12.2. The van der Waals surface area contributed by atoms with Crippen LogP contribution in [0.1, 0.15) is 47.3 Å². The molecule has 0 aliphatic carbocycles. The summed E-state index contributed by atoms with van der Waals surface area (Å²) in [5.41, 5.74) is 1.48. The number of hydrogen-bond donors (Lipinski definition) is 5. The number of hydrogen-bond acceptors (Lipinski definition) is 6. The van der Waals surface area contributed by atoms with Crippen LogP contribution in [0.4, 0.5) is 11.6 Å². The Morgan fingerprint density at radius 2 is 1.86 bits per heavy atom. The fourth-order valence-corrected chi connectivity index (χ4v) is 3.97. The maximum absolute atomic E-state index is 13.0. The fourth-order valence-electron chi connectivity index (χ4n) is 3.60. The average Bonchev–Trinajstić information content (AvgIpc) is 3.46. The molecule has 11 nitrogen and oxygen atoms in total. The van der Waals surface area contributed by atoms with E-state index in [1.165, 1.54) is 6.33 Å². The zero-order valence-electron chi connectivity index (χ0n) is 20.5. The first-order valence-corrected chi connectivity index (χ1v) is 12.0. The van der Waals surface area contributed by atoms with Crippen LogP contribution in [-0.4, -0.2) is 48.9 Å². The smallest absolute Gasteiger partial charge is 0.345 e. The van der Waals surface area contributed by atoms with E-state index in [1.807, 2.05) is 19.1 Å². The van der Waals surface area contributed by atoms with Gasteiger partial charge in [0.15, 0.2) is 11.8 Å². The van der Waals surface area contributed by atoms with E-state index in [-0.39, 0.29) is 23.1 Å². The highest BCUT2D eigenvalue weighted by Crippen LogP contribution is 2.30. The van der Waals surface area contributed by atoms with Gasteiger partial charge in [-0.3, -0.25) is 14.9 Å². The molecule has 1 unspecified atom stereocenters. The third kappa shape index (κ3) is 5.64. The van der Waals surface area contributed by atoms with Crippen LogP contribution in [0.25, 0.3) is 11.0 Å². The minimum atomic E-state index is -1.12. The van der Waals surface area contributed by atoms with Gasteiger partial charge in [0, 0.05) is 15.6 Å². The van der Waals surface area contributed by atoms with Crippen molar-refractivity contribution in [1.29, 1.82) is 0 Å². The van der Waals surface area contributed by atoms with Crippen LogP contribution in [-0.2, 0) is 4.79 Å². The van der Waals surface area contributed by atoms with Gasteiger partial charge in [-0.1, -0.05) is 48.8 Å². The standard InChI is InChI=1S/C25H25BrN6O5/c1-12-8-9-13(26)10-15(12)29-21(33)18-19(28-11-27-18)22(34)32-24-30-14-6-5-7-16(17(14)31-24)37-20(23(35)36)25(2,3)4/h5-11,20H,1-4H3,(H,27,28)(H,29,33)(H,35,36)(H2,30,31,32,34). The molecule has 0 radical (unpaired) electrons. The maximum atomic E-state index is 13.0. The Balaban J connectivity index is 1.55. The number of para-hydroxylation sites is 1. The molecular weight excluding hydrogens is 544 g/mol. The van der Waals surface area contributed by atoms with Gasteiger partial charge in [-0.05, 0) is 36.8 Å². The van der Waals surface area contributed by atoms with Crippen molar-refractivity contribution < 1.29 is 24.2 Å². The van der Waals surface area contributed by atoms with Crippen molar-refractivity contribution in [1.82, 2.24) is 19.9 Å². The number of rotatable bonds is 7. The second-order valence-electron chi connectivity index (χ2n) is 9.43. The molecule has 4 aromatic rings. The molecule has 0 aliphatic rings. The van der Waals surface area contributed by atoms with Crippen molar-refractivity contribution in [3.63, 3.8) is 0 Å². The van der Waals surface area contributed by atoms with Crippen LogP contribution in [0.15, 0.2) is 47.2 Å². The second kappa shape index (κ2) is 10.1. The van der Waals surface area contributed by atoms with Crippen LogP contribution in [0.5, 0.6) is 5.75 Å². The number of aromatic nitrogens is 4. The predicted molar refractivity (Wildman–Crippen MR) is 141 cm³/mol. The molecule has 0 saturated heterocycles. The number of benzene rings is 2. The number of ether oxygens (including phenoxy) is 1. The van der Waals surface area contributed by atoms with Crippen molar-refractivity contribution in [3.05, 3.63) is 64.1 Å². The first-order chi connectivity index (χ1) is 17.4. The highest BCUT2D eigenvalue weighted by Gasteiger charge is 2.34. The molecule has 4 rings (SSSR count). The first kappa shape index (κ1) is 25.9. The number of aryl methyl sites for hydroxylation is 1. The van der Waals surface area contributed by atoms with Gasteiger partial charge < -0.3 is 25.1 Å². The third-order valence-electron chi connectivity index (χ3n) is 5.49. The summed E-state index contributed by atoms with van der Waals surface area (Å²) < 4.78 is 6.59. The molecule has 0 bridgehead atoms. The van der Waals surface area contributed by atoms with E-state index in [2.05, 4.69) is 46.5 Å². The monoisotopic (exact) mass is 568 g/mol. The van der Waals surface area contributed by atoms with E-state index in [4.69, 9.17) is 4.74 Å². The number of aliphatic carboxylic acids is 1. The second-order valence-corrected chi connectivity index (χ2v) is 10.3. The van der Waals surface area contributed by atoms with Gasteiger partial charge in [-0.25, -0.2) is 14.8 Å². The van der Waals surface area contributed by atoms with Crippen LogP contribution in [0.3, 0.4) is 0 Å². The summed E-state index contributed by atoms with van der Waals surface area (Å²) >= 11 is 3.37. The summed E-state index contributed by atoms with van der Waals surface area (Å²) in [6, 6.07) is 10.5. The predicted octanol–water partition coefficient (Wildman–Crippen LogP) is 4.74. The summed E-state index contributed by atoms with van der Waals surface area (Å²) in [5, 5.41) is 15.0. The molecule has 2 aromatic carbocycles. The molecule has 37 heavy (non-hydrogen) atoms. The fraction of sp³-hybridized carbons (Fsp3) is 0.240. The number of H-pyrrole nitrogens is 2. The summed E-state index contributed by atoms with van der Waals surface area (Å²) in [4.78, 5) is 51.7. The van der Waals surface area contributed by atoms with Crippen LogP contribution in [0.2, 0.25) is 0 Å². The summed E-state index contributed by atoms with van der Waals surface area (Å²) in [7, 11) is 0. The summed E-state index contributed by atoms with van der Waals surface area (Å²) in [5.74, 6) is -1.97. The van der Waals surface area contributed by atoms with Gasteiger partial charge in [0.1, 0.15) is 17.0 Å². The van der Waals surface area contributed by atoms with E-state index in [0.717, 1.165) is 10.0 Å². The Morgan fingerprint density at radius 1 is 1.11 bits per heavy atom. The lowest BCUT2D eigenvalue weighted by atomic mass is 9.89. The van der Waals surface area contributed by atoms with Crippen LogP contribution >= 0.6 is 15.9 Å². The van der Waals surface area contributed by atoms with Gasteiger partial charge in [0.25, 0.3) is 11.8 Å². The molecule has 192 valence electrons. The lowest BCUT2D eigenvalue weighted by Gasteiger charge is -2.27. The van der Waals surface area contributed by atoms with E-state index in [1.54, 1.807) is 45.0 Å². The Morgan fingerprint density at radius 3 is 2.57 bits per heavy atom. The molecule has 2 amide bonds. The zero-order chi connectivity index (χ0) is 26.9. The molecule has 1 atom stereocenters. The van der Waals surface area contributed by atoms with Crippen molar-refractivity contribution in [2.24, 2.45) is 5.41 Å². The molecule has 12 heteroatoms. The number of imidazole rings is 2. The van der Waals surface area contributed by atoms with Gasteiger partial charge >= 0.3 is 5.97 Å². The minimum absolute atomic E-state index is 0.0549. The summed E-state index contributed by atoms with van der Waals surface area (Å²) in [6.45, 7) is 7.13. The quantitative estimate of drug-likeness (QED) is 0.215. The van der Waals surface area contributed by atoms with Crippen LogP contribution < -0.4 is 15.4 Å². The molecule has 5 N–H and O–H groups in total. The highest BCUT2D eigenvalue weighted by molar-refractivity contribution is 9.10. The lowest BCUT2D eigenvalue weighted by Crippen LogP contribution is -2.39. The van der Waals surface area contributed by atoms with Crippen LogP contribution in [0, 0.1) is 12.3 Å². The number of amides is 2. The van der Waals surface area contributed by atoms with Gasteiger partial charge in [-0.2, -0.15) is 0 Å². The van der Waals surface area contributed by atoms with Crippen molar-refractivity contribution >= 4 is 56.4 Å². The van der Waals surface area contributed by atoms with Crippen molar-refractivity contribution in [2.75, 3.05) is 10.6 Å². The van der Waals surface area contributed by atoms with Crippen molar-refractivity contribution in [2.45, 2.75) is 33.8 Å². The molecular formula is C25H25BrN6O5. The highest BCUT2D eigenvalue weighted by atomic mass is 79.9. The molecule has 0 spiro atoms. The number of carboxylic acid groups (broad SMARTS) is 1. The molecule has 2 heterocycles. The number of halogens is 1.